The smallest absolute Gasteiger partial charge is 0.336 e. The molecule has 5 rings (SSSR count). The highest BCUT2D eigenvalue weighted by Gasteiger charge is 2.19. The highest BCUT2D eigenvalue weighted by Crippen LogP contribution is 2.25. The van der Waals surface area contributed by atoms with Gasteiger partial charge in [-0.15, -0.1) is 0 Å². The number of aromatic nitrogens is 3. The number of fused-ring (bicyclic) bond motifs is 1. The van der Waals surface area contributed by atoms with Crippen molar-refractivity contribution < 1.29 is 14.6 Å². The zero-order chi connectivity index (χ0) is 24.2. The lowest BCUT2D eigenvalue weighted by atomic mass is 10.0. The Balaban J connectivity index is 1.39. The molecule has 0 amide bonds. The Morgan fingerprint density at radius 2 is 1.51 bits per heavy atom. The van der Waals surface area contributed by atoms with Crippen LogP contribution in [0.15, 0.2) is 91.0 Å². The minimum Gasteiger partial charge on any atom is -0.478 e. The molecule has 1 N–H and O–H groups in total. The van der Waals surface area contributed by atoms with Gasteiger partial charge in [0.1, 0.15) is 11.5 Å². The van der Waals surface area contributed by atoms with E-state index in [0.29, 0.717) is 24.0 Å². The molecule has 174 valence electrons. The Hall–Kier alpha value is -4.45. The van der Waals surface area contributed by atoms with Gasteiger partial charge in [0.05, 0.1) is 17.5 Å². The normalized spacial score (nSPS) is 11.0. The van der Waals surface area contributed by atoms with E-state index in [0.717, 1.165) is 34.9 Å². The van der Waals surface area contributed by atoms with Crippen molar-refractivity contribution in [3.05, 3.63) is 119 Å². The summed E-state index contributed by atoms with van der Waals surface area (Å²) in [4.78, 5) is 16.8. The first-order valence-corrected chi connectivity index (χ1v) is 11.5. The van der Waals surface area contributed by atoms with Crippen molar-refractivity contribution in [3.8, 4) is 11.5 Å². The first-order valence-electron chi connectivity index (χ1n) is 11.5. The zero-order valence-electron chi connectivity index (χ0n) is 19.4. The van der Waals surface area contributed by atoms with E-state index in [1.54, 1.807) is 6.07 Å². The molecule has 0 aliphatic heterocycles. The van der Waals surface area contributed by atoms with Gasteiger partial charge < -0.3 is 9.84 Å². The summed E-state index contributed by atoms with van der Waals surface area (Å²) in [5.74, 6) is 0.563. The number of rotatable bonds is 8. The number of nitrogens with zero attached hydrogens (tertiary/aromatic N) is 3. The van der Waals surface area contributed by atoms with Crippen molar-refractivity contribution in [2.45, 2.75) is 26.3 Å². The molecule has 0 fully saturated rings. The molecular weight excluding hydrogens is 438 g/mol. The summed E-state index contributed by atoms with van der Waals surface area (Å²) in [6.45, 7) is 2.40. The number of aromatic carboxylic acids is 1. The molecule has 0 atom stereocenters. The molecule has 0 saturated heterocycles. The van der Waals surface area contributed by atoms with Crippen LogP contribution in [0, 0.1) is 6.92 Å². The van der Waals surface area contributed by atoms with Crippen LogP contribution in [0.1, 0.15) is 32.9 Å². The summed E-state index contributed by atoms with van der Waals surface area (Å²) < 4.78 is 7.69. The molecule has 0 saturated carbocycles. The Morgan fingerprint density at radius 3 is 2.20 bits per heavy atom. The van der Waals surface area contributed by atoms with Gasteiger partial charge in [0.2, 0.25) is 0 Å². The Labute approximate surface area is 203 Å². The van der Waals surface area contributed by atoms with Gasteiger partial charge in [0.15, 0.2) is 5.65 Å². The predicted octanol–water partition coefficient (Wildman–Crippen LogP) is 6.06. The van der Waals surface area contributed by atoms with Crippen LogP contribution in [-0.4, -0.2) is 25.8 Å². The van der Waals surface area contributed by atoms with Crippen molar-refractivity contribution in [3.63, 3.8) is 0 Å². The van der Waals surface area contributed by atoms with Crippen molar-refractivity contribution in [2.24, 2.45) is 0 Å². The SMILES string of the molecule is Cc1c2c(C(=O)O)cc(CCc3ccccc3)nc2nn1Cc1ccc(Oc2ccccc2)cc1. The number of carboxylic acids is 1. The van der Waals surface area contributed by atoms with E-state index >= 15 is 0 Å². The van der Waals surface area contributed by atoms with E-state index in [9.17, 15) is 9.90 Å². The molecule has 0 aliphatic rings. The molecule has 35 heavy (non-hydrogen) atoms. The molecule has 2 aromatic heterocycles. The van der Waals surface area contributed by atoms with Gasteiger partial charge in [-0.25, -0.2) is 9.78 Å². The molecule has 5 aromatic rings. The Kier molecular flexibility index (Phi) is 6.26. The van der Waals surface area contributed by atoms with Crippen LogP contribution in [0.4, 0.5) is 0 Å². The van der Waals surface area contributed by atoms with Gasteiger partial charge in [-0.05, 0) is 61.2 Å². The predicted molar refractivity (Wildman–Crippen MR) is 135 cm³/mol. The second kappa shape index (κ2) is 9.81. The molecule has 3 aromatic carbocycles. The van der Waals surface area contributed by atoms with Gasteiger partial charge in [0.25, 0.3) is 0 Å². The highest BCUT2D eigenvalue weighted by molar-refractivity contribution is 6.02. The standard InChI is InChI=1S/C29H25N3O3/c1-20-27-26(29(33)34)18-23(15-12-21-8-4-2-5-9-21)30-28(27)31-32(20)19-22-13-16-25(17-14-22)35-24-10-6-3-7-11-24/h2-11,13-14,16-18H,12,15,19H2,1H3,(H,33,34). The van der Waals surface area contributed by atoms with E-state index in [2.05, 4.69) is 17.2 Å². The third-order valence-corrected chi connectivity index (χ3v) is 6.00. The van der Waals surface area contributed by atoms with Gasteiger partial charge in [0, 0.05) is 11.4 Å². The average Bonchev–Trinajstić information content (AvgIpc) is 3.19. The number of carbonyl (C=O) groups is 1. The van der Waals surface area contributed by atoms with Crippen LogP contribution in [0.2, 0.25) is 0 Å². The lowest BCUT2D eigenvalue weighted by Crippen LogP contribution is -2.04. The van der Waals surface area contributed by atoms with Gasteiger partial charge in [-0.1, -0.05) is 60.7 Å². The van der Waals surface area contributed by atoms with Crippen LogP contribution in [-0.2, 0) is 19.4 Å². The number of carboxylic acid groups (broad SMARTS) is 1. The van der Waals surface area contributed by atoms with Crippen molar-refractivity contribution >= 4 is 17.0 Å². The van der Waals surface area contributed by atoms with Crippen LogP contribution < -0.4 is 4.74 Å². The van der Waals surface area contributed by atoms with Crippen LogP contribution in [0.5, 0.6) is 11.5 Å². The van der Waals surface area contributed by atoms with Crippen LogP contribution in [0.25, 0.3) is 11.0 Å². The summed E-state index contributed by atoms with van der Waals surface area (Å²) in [5.41, 5.74) is 4.44. The third kappa shape index (κ3) is 5.06. The van der Waals surface area contributed by atoms with Crippen molar-refractivity contribution in [1.82, 2.24) is 14.8 Å². The van der Waals surface area contributed by atoms with Gasteiger partial charge in [-0.3, -0.25) is 4.68 Å². The van der Waals surface area contributed by atoms with E-state index in [1.807, 2.05) is 84.4 Å². The second-order valence-corrected chi connectivity index (χ2v) is 8.45. The minimum absolute atomic E-state index is 0.244. The number of benzene rings is 3. The quantitative estimate of drug-likeness (QED) is 0.302. The topological polar surface area (TPSA) is 77.2 Å². The summed E-state index contributed by atoms with van der Waals surface area (Å²) in [6, 6.07) is 29.2. The largest absolute Gasteiger partial charge is 0.478 e. The first-order chi connectivity index (χ1) is 17.1. The van der Waals surface area contributed by atoms with Crippen molar-refractivity contribution in [2.75, 3.05) is 0 Å². The first kappa shape index (κ1) is 22.3. The van der Waals surface area contributed by atoms with Gasteiger partial charge in [-0.2, -0.15) is 5.10 Å². The molecule has 0 radical (unpaired) electrons. The number of ether oxygens (including phenoxy) is 1. The lowest BCUT2D eigenvalue weighted by Gasteiger charge is -2.08. The second-order valence-electron chi connectivity index (χ2n) is 8.45. The van der Waals surface area contributed by atoms with Gasteiger partial charge >= 0.3 is 5.97 Å². The maximum absolute atomic E-state index is 12.1. The monoisotopic (exact) mass is 463 g/mol. The fourth-order valence-corrected chi connectivity index (χ4v) is 4.16. The molecule has 6 nitrogen and oxygen atoms in total. The minimum atomic E-state index is -0.969. The number of aryl methyl sites for hydroxylation is 3. The summed E-state index contributed by atoms with van der Waals surface area (Å²) in [7, 11) is 0. The lowest BCUT2D eigenvalue weighted by molar-refractivity contribution is 0.0698. The molecule has 0 spiro atoms. The molecule has 2 heterocycles. The van der Waals surface area contributed by atoms with Crippen LogP contribution in [0.3, 0.4) is 0 Å². The fraction of sp³-hybridized carbons (Fsp3) is 0.138. The highest BCUT2D eigenvalue weighted by atomic mass is 16.5. The average molecular weight is 464 g/mol. The number of pyridine rings is 1. The summed E-state index contributed by atoms with van der Waals surface area (Å²) in [5, 5.41) is 15.1. The molecule has 0 bridgehead atoms. The molecule has 6 heteroatoms. The number of hydrogen-bond acceptors (Lipinski definition) is 4. The zero-order valence-corrected chi connectivity index (χ0v) is 19.4. The maximum Gasteiger partial charge on any atom is 0.336 e. The van der Waals surface area contributed by atoms with E-state index in [4.69, 9.17) is 9.72 Å². The Morgan fingerprint density at radius 1 is 0.857 bits per heavy atom. The van der Waals surface area contributed by atoms with E-state index < -0.39 is 5.97 Å². The van der Waals surface area contributed by atoms with E-state index in [1.165, 1.54) is 5.56 Å². The number of para-hydroxylation sites is 1. The maximum atomic E-state index is 12.1. The van der Waals surface area contributed by atoms with E-state index in [-0.39, 0.29) is 5.56 Å². The van der Waals surface area contributed by atoms with Crippen molar-refractivity contribution in [1.29, 1.82) is 0 Å². The summed E-state index contributed by atoms with van der Waals surface area (Å²) in [6.07, 6.45) is 1.44. The van der Waals surface area contributed by atoms with Crippen LogP contribution >= 0.6 is 0 Å². The fourth-order valence-electron chi connectivity index (χ4n) is 4.16. The number of hydrogen-bond donors (Lipinski definition) is 1. The summed E-state index contributed by atoms with van der Waals surface area (Å²) >= 11 is 0. The Bertz CT molecular complexity index is 1460. The molecule has 0 aliphatic carbocycles. The third-order valence-electron chi connectivity index (χ3n) is 6.00. The molecular formula is C29H25N3O3. The molecule has 0 unspecified atom stereocenters.